The zero-order valence-electron chi connectivity index (χ0n) is 37.4. The van der Waals surface area contributed by atoms with E-state index in [4.69, 9.17) is 21.3 Å². The monoisotopic (exact) mass is 921 g/mol. The van der Waals surface area contributed by atoms with Crippen LogP contribution in [0.2, 0.25) is 5.02 Å². The Morgan fingerprint density at radius 2 is 1.60 bits per heavy atom. The summed E-state index contributed by atoms with van der Waals surface area (Å²) in [4.78, 5) is 81.3. The number of anilines is 1. The molecule has 3 fully saturated rings. The molecule has 14 nitrogen and oxygen atoms in total. The Morgan fingerprint density at radius 3 is 2.34 bits per heavy atom. The van der Waals surface area contributed by atoms with Crippen LogP contribution in [0.5, 0.6) is 5.75 Å². The number of halogens is 1. The molecule has 1 atom stereocenters. The first-order chi connectivity index (χ1) is 31.3. The van der Waals surface area contributed by atoms with Gasteiger partial charge in [-0.25, -0.2) is 9.97 Å². The van der Waals surface area contributed by atoms with Crippen LogP contribution in [0, 0.1) is 0 Å². The van der Waals surface area contributed by atoms with Gasteiger partial charge in [-0.05, 0) is 75.1 Å². The lowest BCUT2D eigenvalue weighted by atomic mass is 9.97. The number of hydrogen-bond donors (Lipinski definition) is 1. The summed E-state index contributed by atoms with van der Waals surface area (Å²) in [6, 6.07) is 18.8. The minimum absolute atomic E-state index is 0.0791. The lowest BCUT2D eigenvalue weighted by Gasteiger charge is -2.43. The van der Waals surface area contributed by atoms with Crippen LogP contribution in [-0.4, -0.2) is 126 Å². The number of ether oxygens (including phenoxy) is 1. The number of nitrogens with one attached hydrogen (secondary N) is 1. The van der Waals surface area contributed by atoms with Gasteiger partial charge in [0, 0.05) is 99.8 Å². The van der Waals surface area contributed by atoms with E-state index < -0.39 is 36.8 Å². The molecule has 8 rings (SSSR count). The van der Waals surface area contributed by atoms with Gasteiger partial charge < -0.3 is 19.1 Å². The molecular formula is C49H57ClN7O7P. The largest absolute Gasteiger partial charge is 0.496 e. The van der Waals surface area contributed by atoms with Gasteiger partial charge in [0.2, 0.25) is 17.7 Å². The Labute approximate surface area is 385 Å². The topological polar surface area (TPSA) is 162 Å². The standard InChI is InChI=1S/C49H57ClN7O7P/c1-64-41-30-36(17-16-33(41)29-43-51-31-38(50)39(52-43)28-34-11-7-8-14-42(34)65(2,3)63)54-22-20-35(21-23-54)55-24-26-56(27-25-55)45(59)15-6-4-5-10-32-12-9-13-37-46(32)49(62)57(48(37)61)40-18-19-44(58)53-47(40)60/h7-9,11-14,16-17,30-31,35,40H,4-6,10,15,18-29H2,1-3H3,(H,53,58,60). The van der Waals surface area contributed by atoms with Crippen molar-refractivity contribution in [3.63, 3.8) is 0 Å². The summed E-state index contributed by atoms with van der Waals surface area (Å²) in [6.45, 7) is 8.57. The molecule has 342 valence electrons. The predicted molar refractivity (Wildman–Crippen MR) is 250 cm³/mol. The summed E-state index contributed by atoms with van der Waals surface area (Å²) in [7, 11) is -0.798. The Hall–Kier alpha value is -5.43. The molecule has 4 aromatic rings. The van der Waals surface area contributed by atoms with Crippen molar-refractivity contribution in [3.05, 3.63) is 111 Å². The first kappa shape index (κ1) is 46.1. The molecule has 5 amide bonds. The fourth-order valence-electron chi connectivity index (χ4n) is 9.81. The zero-order valence-corrected chi connectivity index (χ0v) is 39.0. The number of benzene rings is 3. The number of imide groups is 2. The van der Waals surface area contributed by atoms with Crippen molar-refractivity contribution in [1.82, 2.24) is 30.0 Å². The molecule has 0 bridgehead atoms. The van der Waals surface area contributed by atoms with Crippen molar-refractivity contribution in [2.24, 2.45) is 0 Å². The number of methoxy groups -OCH3 is 1. The SMILES string of the molecule is COc1cc(N2CCC(N3CCN(C(=O)CCCCCc4cccc5c4C(=O)N(C4CCC(=O)NC4=O)C5=O)CC3)CC2)ccc1Cc1ncc(Cl)c(Cc2ccccc2P(C)(C)=O)n1. The lowest BCUT2D eigenvalue weighted by Crippen LogP contribution is -2.54. The van der Waals surface area contributed by atoms with Crippen molar-refractivity contribution >= 4 is 59.3 Å². The summed E-state index contributed by atoms with van der Waals surface area (Å²) in [6.07, 6.45) is 8.21. The number of piperazine rings is 1. The summed E-state index contributed by atoms with van der Waals surface area (Å²) < 4.78 is 18.9. The number of aryl methyl sites for hydroxylation is 1. The van der Waals surface area contributed by atoms with Crippen LogP contribution in [0.1, 0.15) is 100 Å². The molecule has 3 aromatic carbocycles. The maximum atomic E-state index is 13.4. The first-order valence-corrected chi connectivity index (χ1v) is 25.7. The molecule has 16 heteroatoms. The highest BCUT2D eigenvalue weighted by atomic mass is 35.5. The summed E-state index contributed by atoms with van der Waals surface area (Å²) in [5.74, 6) is -0.414. The third-order valence-electron chi connectivity index (χ3n) is 13.3. The second kappa shape index (κ2) is 20.0. The number of rotatable bonds is 15. The molecule has 0 spiro atoms. The van der Waals surface area contributed by atoms with E-state index in [-0.39, 0.29) is 18.7 Å². The van der Waals surface area contributed by atoms with Gasteiger partial charge in [0.15, 0.2) is 0 Å². The molecule has 0 saturated carbocycles. The third kappa shape index (κ3) is 10.4. The highest BCUT2D eigenvalue weighted by Gasteiger charge is 2.45. The van der Waals surface area contributed by atoms with Gasteiger partial charge >= 0.3 is 0 Å². The molecule has 1 N–H and O–H groups in total. The summed E-state index contributed by atoms with van der Waals surface area (Å²) in [5.41, 5.74) is 5.15. The second-order valence-electron chi connectivity index (χ2n) is 17.9. The van der Waals surface area contributed by atoms with Crippen molar-refractivity contribution in [3.8, 4) is 5.75 Å². The normalized spacial score (nSPS) is 18.6. The van der Waals surface area contributed by atoms with Gasteiger partial charge in [0.25, 0.3) is 11.8 Å². The highest BCUT2D eigenvalue weighted by molar-refractivity contribution is 7.70. The average Bonchev–Trinajstić information content (AvgIpc) is 3.56. The van der Waals surface area contributed by atoms with Crippen LogP contribution < -0.4 is 20.3 Å². The quantitative estimate of drug-likeness (QED) is 0.0861. The van der Waals surface area contributed by atoms with E-state index >= 15 is 0 Å². The minimum atomic E-state index is -2.48. The Kier molecular flexibility index (Phi) is 14.2. The first-order valence-electron chi connectivity index (χ1n) is 22.7. The number of fused-ring (bicyclic) bond motifs is 1. The van der Waals surface area contributed by atoms with Crippen molar-refractivity contribution in [1.29, 1.82) is 0 Å². The van der Waals surface area contributed by atoms with E-state index in [0.29, 0.717) is 59.4 Å². The molecule has 1 aromatic heterocycles. The highest BCUT2D eigenvalue weighted by Crippen LogP contribution is 2.37. The molecule has 4 aliphatic rings. The van der Waals surface area contributed by atoms with E-state index in [1.54, 1.807) is 38.8 Å². The molecular weight excluding hydrogens is 865 g/mol. The van der Waals surface area contributed by atoms with E-state index in [9.17, 15) is 28.5 Å². The fourth-order valence-corrected chi connectivity index (χ4v) is 11.3. The Balaban J connectivity index is 0.766. The van der Waals surface area contributed by atoms with E-state index in [1.807, 2.05) is 35.2 Å². The Morgan fingerprint density at radius 1 is 0.846 bits per heavy atom. The van der Waals surface area contributed by atoms with Gasteiger partial charge in [-0.2, -0.15) is 0 Å². The Bertz CT molecular complexity index is 2530. The number of carbonyl (C=O) groups is 5. The average molecular weight is 922 g/mol. The van der Waals surface area contributed by atoms with Gasteiger partial charge in [-0.1, -0.05) is 60.5 Å². The van der Waals surface area contributed by atoms with Gasteiger partial charge in [0.05, 0.1) is 29.0 Å². The van der Waals surface area contributed by atoms with Crippen LogP contribution in [0.15, 0.2) is 66.9 Å². The zero-order chi connectivity index (χ0) is 45.8. The molecule has 1 unspecified atom stereocenters. The lowest BCUT2D eigenvalue weighted by molar-refractivity contribution is -0.136. The number of aromatic nitrogens is 2. The van der Waals surface area contributed by atoms with Gasteiger partial charge in [0.1, 0.15) is 24.8 Å². The van der Waals surface area contributed by atoms with Crippen LogP contribution in [0.25, 0.3) is 0 Å². The number of hydrogen-bond acceptors (Lipinski definition) is 11. The number of unbranched alkanes of at least 4 members (excludes halogenated alkanes) is 2. The van der Waals surface area contributed by atoms with Gasteiger partial charge in [-0.3, -0.25) is 39.1 Å². The van der Waals surface area contributed by atoms with E-state index in [0.717, 1.165) is 110 Å². The molecule has 0 aliphatic carbocycles. The fraction of sp³-hybridized carbons (Fsp3) is 0.449. The van der Waals surface area contributed by atoms with Gasteiger partial charge in [-0.15, -0.1) is 0 Å². The van der Waals surface area contributed by atoms with E-state index in [2.05, 4.69) is 38.3 Å². The summed E-state index contributed by atoms with van der Waals surface area (Å²) in [5, 5.41) is 3.56. The third-order valence-corrected chi connectivity index (χ3v) is 15.2. The molecule has 65 heavy (non-hydrogen) atoms. The maximum Gasteiger partial charge on any atom is 0.262 e. The molecule has 5 heterocycles. The molecule has 0 radical (unpaired) electrons. The van der Waals surface area contributed by atoms with Crippen LogP contribution >= 0.6 is 18.7 Å². The summed E-state index contributed by atoms with van der Waals surface area (Å²) >= 11 is 6.57. The smallest absolute Gasteiger partial charge is 0.262 e. The van der Waals surface area contributed by atoms with Crippen molar-refractivity contribution < 1.29 is 33.3 Å². The minimum Gasteiger partial charge on any atom is -0.496 e. The van der Waals surface area contributed by atoms with Crippen LogP contribution in [0.3, 0.4) is 0 Å². The van der Waals surface area contributed by atoms with Crippen LogP contribution in [-0.2, 0) is 38.2 Å². The van der Waals surface area contributed by atoms with Crippen molar-refractivity contribution in [2.45, 2.75) is 82.7 Å². The second-order valence-corrected chi connectivity index (χ2v) is 21.5. The number of amides is 5. The number of piperidine rings is 2. The molecule has 4 aliphatic heterocycles. The number of nitrogens with zero attached hydrogens (tertiary/aromatic N) is 6. The van der Waals surface area contributed by atoms with E-state index in [1.165, 1.54) is 0 Å². The van der Waals surface area contributed by atoms with Crippen LogP contribution in [0.4, 0.5) is 5.69 Å². The predicted octanol–water partition coefficient (Wildman–Crippen LogP) is 5.89. The number of carbonyl (C=O) groups excluding carboxylic acids is 5. The van der Waals surface area contributed by atoms with Crippen molar-refractivity contribution in [2.75, 3.05) is 64.6 Å². The maximum absolute atomic E-state index is 13.4. The molecule has 3 saturated heterocycles.